The summed E-state index contributed by atoms with van der Waals surface area (Å²) in [5, 5.41) is 12.1. The number of nitrogens with one attached hydrogen (secondary N) is 1. The van der Waals surface area contributed by atoms with Crippen LogP contribution in [0, 0.1) is 5.82 Å². The maximum atomic E-state index is 13.0. The molecular weight excluding hydrogens is 259 g/mol. The van der Waals surface area contributed by atoms with E-state index in [2.05, 4.69) is 5.32 Å². The van der Waals surface area contributed by atoms with Gasteiger partial charge in [-0.05, 0) is 42.3 Å². The number of hydrogen-bond donors (Lipinski definition) is 3. The molecule has 2 aromatic rings. The Balaban J connectivity index is 2.04. The van der Waals surface area contributed by atoms with Gasteiger partial charge in [0, 0.05) is 12.2 Å². The lowest BCUT2D eigenvalue weighted by Gasteiger charge is -2.10. The molecule has 0 radical (unpaired) electrons. The highest BCUT2D eigenvalue weighted by Crippen LogP contribution is 2.19. The van der Waals surface area contributed by atoms with Crippen LogP contribution in [-0.4, -0.2) is 17.6 Å². The first-order chi connectivity index (χ1) is 9.56. The first kappa shape index (κ1) is 13.9. The van der Waals surface area contributed by atoms with Gasteiger partial charge in [0.05, 0.1) is 11.3 Å². The molecule has 0 fully saturated rings. The van der Waals surface area contributed by atoms with Gasteiger partial charge in [-0.2, -0.15) is 0 Å². The third-order valence-electron chi connectivity index (χ3n) is 2.89. The molecule has 0 aliphatic carbocycles. The summed E-state index contributed by atoms with van der Waals surface area (Å²) in [4.78, 5) is 11.1. The summed E-state index contributed by atoms with van der Waals surface area (Å²) in [5.74, 6) is -1.30. The van der Waals surface area contributed by atoms with Crippen LogP contribution in [0.4, 0.5) is 15.8 Å². The molecule has 0 bridgehead atoms. The van der Waals surface area contributed by atoms with Crippen molar-refractivity contribution in [2.45, 2.75) is 6.42 Å². The molecule has 4 nitrogen and oxygen atoms in total. The summed E-state index contributed by atoms with van der Waals surface area (Å²) in [6.07, 6.45) is 0.589. The van der Waals surface area contributed by atoms with Crippen LogP contribution >= 0.6 is 0 Å². The SMILES string of the molecule is Nc1ccc(C(=O)O)c(NCCc2cccc(F)c2)c1. The minimum absolute atomic E-state index is 0.165. The highest BCUT2D eigenvalue weighted by atomic mass is 19.1. The molecule has 0 aromatic heterocycles. The fourth-order valence-corrected chi connectivity index (χ4v) is 1.93. The molecule has 2 rings (SSSR count). The molecule has 0 aliphatic heterocycles. The third kappa shape index (κ3) is 3.47. The lowest BCUT2D eigenvalue weighted by atomic mass is 10.1. The Morgan fingerprint density at radius 2 is 2.05 bits per heavy atom. The van der Waals surface area contributed by atoms with Gasteiger partial charge < -0.3 is 16.2 Å². The van der Waals surface area contributed by atoms with Crippen LogP contribution in [0.25, 0.3) is 0 Å². The van der Waals surface area contributed by atoms with E-state index in [0.717, 1.165) is 5.56 Å². The van der Waals surface area contributed by atoms with Crippen molar-refractivity contribution in [3.63, 3.8) is 0 Å². The van der Waals surface area contributed by atoms with Crippen molar-refractivity contribution >= 4 is 17.3 Å². The second-order valence-electron chi connectivity index (χ2n) is 4.42. The van der Waals surface area contributed by atoms with Gasteiger partial charge in [0.2, 0.25) is 0 Å². The highest BCUT2D eigenvalue weighted by Gasteiger charge is 2.09. The zero-order valence-electron chi connectivity index (χ0n) is 10.8. The maximum absolute atomic E-state index is 13.0. The van der Waals surface area contributed by atoms with Gasteiger partial charge in [0.1, 0.15) is 5.82 Å². The Morgan fingerprint density at radius 3 is 2.75 bits per heavy atom. The number of aromatic carboxylic acids is 1. The van der Waals surface area contributed by atoms with E-state index in [1.807, 2.05) is 6.07 Å². The fourth-order valence-electron chi connectivity index (χ4n) is 1.93. The van der Waals surface area contributed by atoms with Gasteiger partial charge in [-0.3, -0.25) is 0 Å². The number of benzene rings is 2. The number of carbonyl (C=O) groups is 1. The van der Waals surface area contributed by atoms with E-state index in [4.69, 9.17) is 10.8 Å². The van der Waals surface area contributed by atoms with E-state index in [1.165, 1.54) is 18.2 Å². The lowest BCUT2D eigenvalue weighted by molar-refractivity contribution is 0.0698. The summed E-state index contributed by atoms with van der Waals surface area (Å²) >= 11 is 0. The molecule has 20 heavy (non-hydrogen) atoms. The maximum Gasteiger partial charge on any atom is 0.337 e. The van der Waals surface area contributed by atoms with E-state index in [9.17, 15) is 9.18 Å². The molecule has 0 atom stereocenters. The van der Waals surface area contributed by atoms with Crippen molar-refractivity contribution in [1.29, 1.82) is 0 Å². The van der Waals surface area contributed by atoms with E-state index in [-0.39, 0.29) is 11.4 Å². The van der Waals surface area contributed by atoms with Crippen LogP contribution in [-0.2, 0) is 6.42 Å². The van der Waals surface area contributed by atoms with Crippen LogP contribution in [0.2, 0.25) is 0 Å². The molecule has 0 spiro atoms. The van der Waals surface area contributed by atoms with Crippen molar-refractivity contribution in [1.82, 2.24) is 0 Å². The summed E-state index contributed by atoms with van der Waals surface area (Å²) in [7, 11) is 0. The van der Waals surface area contributed by atoms with Crippen molar-refractivity contribution in [3.8, 4) is 0 Å². The second kappa shape index (κ2) is 6.06. The number of hydrogen-bond acceptors (Lipinski definition) is 3. The summed E-state index contributed by atoms with van der Waals surface area (Å²) < 4.78 is 13.0. The largest absolute Gasteiger partial charge is 0.478 e. The number of nitrogens with two attached hydrogens (primary N) is 1. The zero-order chi connectivity index (χ0) is 14.5. The number of carboxylic acids is 1. The lowest BCUT2D eigenvalue weighted by Crippen LogP contribution is -2.10. The molecule has 104 valence electrons. The molecule has 0 saturated carbocycles. The zero-order valence-corrected chi connectivity index (χ0v) is 10.8. The van der Waals surface area contributed by atoms with E-state index in [1.54, 1.807) is 18.2 Å². The molecule has 0 aliphatic rings. The second-order valence-corrected chi connectivity index (χ2v) is 4.42. The van der Waals surface area contributed by atoms with E-state index >= 15 is 0 Å². The van der Waals surface area contributed by atoms with Crippen LogP contribution in [0.1, 0.15) is 15.9 Å². The van der Waals surface area contributed by atoms with Crippen LogP contribution < -0.4 is 11.1 Å². The molecule has 0 saturated heterocycles. The Morgan fingerprint density at radius 1 is 1.25 bits per heavy atom. The Kier molecular flexibility index (Phi) is 4.20. The fraction of sp³-hybridized carbons (Fsp3) is 0.133. The van der Waals surface area contributed by atoms with Crippen molar-refractivity contribution in [2.24, 2.45) is 0 Å². The minimum Gasteiger partial charge on any atom is -0.478 e. The summed E-state index contributed by atoms with van der Waals surface area (Å²) in [6.45, 7) is 0.493. The molecule has 4 N–H and O–H groups in total. The average Bonchev–Trinajstić information content (AvgIpc) is 2.38. The predicted octanol–water partition coefficient (Wildman–Crippen LogP) is 2.76. The quantitative estimate of drug-likeness (QED) is 0.733. The van der Waals surface area contributed by atoms with E-state index < -0.39 is 5.97 Å². The molecule has 0 heterocycles. The van der Waals surface area contributed by atoms with Gasteiger partial charge in [-0.15, -0.1) is 0 Å². The smallest absolute Gasteiger partial charge is 0.337 e. The van der Waals surface area contributed by atoms with Crippen LogP contribution in [0.5, 0.6) is 0 Å². The van der Waals surface area contributed by atoms with Gasteiger partial charge in [-0.1, -0.05) is 12.1 Å². The average molecular weight is 274 g/mol. The molecule has 0 amide bonds. The number of halogens is 1. The molecule has 0 unspecified atom stereocenters. The van der Waals surface area contributed by atoms with Gasteiger partial charge in [0.25, 0.3) is 0 Å². The Labute approximate surface area is 116 Å². The standard InChI is InChI=1S/C15H15FN2O2/c16-11-3-1-2-10(8-11)6-7-18-14-9-12(17)4-5-13(14)15(19)20/h1-5,8-9,18H,6-7,17H2,(H,19,20). The Hall–Kier alpha value is -2.56. The highest BCUT2D eigenvalue weighted by molar-refractivity contribution is 5.95. The minimum atomic E-state index is -1.02. The first-order valence-electron chi connectivity index (χ1n) is 6.17. The van der Waals surface area contributed by atoms with Gasteiger partial charge >= 0.3 is 5.97 Å². The molecule has 5 heteroatoms. The number of anilines is 2. The molecular formula is C15H15FN2O2. The predicted molar refractivity (Wildman–Crippen MR) is 76.4 cm³/mol. The van der Waals surface area contributed by atoms with Crippen molar-refractivity contribution in [3.05, 3.63) is 59.4 Å². The summed E-state index contributed by atoms with van der Waals surface area (Å²) in [5.41, 5.74) is 7.61. The number of carboxylic acid groups (broad SMARTS) is 1. The topological polar surface area (TPSA) is 75.4 Å². The van der Waals surface area contributed by atoms with Gasteiger partial charge in [-0.25, -0.2) is 9.18 Å². The monoisotopic (exact) mass is 274 g/mol. The van der Waals surface area contributed by atoms with Crippen LogP contribution in [0.15, 0.2) is 42.5 Å². The van der Waals surface area contributed by atoms with Gasteiger partial charge in [0.15, 0.2) is 0 Å². The summed E-state index contributed by atoms with van der Waals surface area (Å²) in [6, 6.07) is 10.9. The number of nitrogen functional groups attached to an aromatic ring is 1. The first-order valence-corrected chi connectivity index (χ1v) is 6.17. The van der Waals surface area contributed by atoms with Crippen molar-refractivity contribution < 1.29 is 14.3 Å². The van der Waals surface area contributed by atoms with Crippen molar-refractivity contribution in [2.75, 3.05) is 17.6 Å². The molecule has 2 aromatic carbocycles. The van der Waals surface area contributed by atoms with E-state index in [0.29, 0.717) is 24.3 Å². The van der Waals surface area contributed by atoms with Crippen LogP contribution in [0.3, 0.4) is 0 Å². The third-order valence-corrected chi connectivity index (χ3v) is 2.89. The number of rotatable bonds is 5. The normalized spacial score (nSPS) is 10.2. The Bertz CT molecular complexity index is 629.